The van der Waals surface area contributed by atoms with E-state index in [1.54, 1.807) is 19.2 Å². The van der Waals surface area contributed by atoms with Crippen molar-refractivity contribution in [3.63, 3.8) is 0 Å². The van der Waals surface area contributed by atoms with Crippen LogP contribution in [-0.2, 0) is 11.3 Å². The average molecular weight is 248 g/mol. The molecule has 1 aromatic carbocycles. The molecule has 0 saturated carbocycles. The zero-order chi connectivity index (χ0) is 13.0. The van der Waals surface area contributed by atoms with Crippen LogP contribution in [0.25, 0.3) is 0 Å². The van der Waals surface area contributed by atoms with Crippen LogP contribution in [0, 0.1) is 5.92 Å². The van der Waals surface area contributed by atoms with E-state index in [1.807, 2.05) is 12.1 Å². The van der Waals surface area contributed by atoms with Crippen LogP contribution in [0.2, 0.25) is 0 Å². The fraction of sp³-hybridized carbons (Fsp3) is 0.500. The molecule has 1 atom stereocenters. The zero-order valence-electron chi connectivity index (χ0n) is 10.7. The van der Waals surface area contributed by atoms with E-state index in [2.05, 4.69) is 10.2 Å². The van der Waals surface area contributed by atoms with Crippen molar-refractivity contribution in [2.75, 3.05) is 20.1 Å². The summed E-state index contributed by atoms with van der Waals surface area (Å²) in [7, 11) is 1.68. The number of carbonyl (C=O) groups is 1. The average Bonchev–Trinajstić information content (AvgIpc) is 2.76. The Hall–Kier alpha value is -1.55. The number of nitrogens with one attached hydrogen (secondary N) is 1. The highest BCUT2D eigenvalue weighted by Crippen LogP contribution is 2.22. The summed E-state index contributed by atoms with van der Waals surface area (Å²) in [6, 6.07) is 7.36. The Morgan fingerprint density at radius 2 is 2.39 bits per heavy atom. The summed E-state index contributed by atoms with van der Waals surface area (Å²) in [5.41, 5.74) is 1.12. The molecule has 98 valence electrons. The summed E-state index contributed by atoms with van der Waals surface area (Å²) in [4.78, 5) is 13.7. The number of nitrogens with zero attached hydrogens (tertiary/aromatic N) is 1. The van der Waals surface area contributed by atoms with Gasteiger partial charge >= 0.3 is 0 Å². The molecule has 1 aliphatic rings. The van der Waals surface area contributed by atoms with Crippen molar-refractivity contribution in [1.82, 2.24) is 10.2 Å². The molecule has 2 rings (SSSR count). The third kappa shape index (κ3) is 3.47. The molecule has 1 saturated heterocycles. The van der Waals surface area contributed by atoms with Crippen LogP contribution < -0.4 is 5.32 Å². The van der Waals surface area contributed by atoms with Gasteiger partial charge in [-0.2, -0.15) is 0 Å². The maximum absolute atomic E-state index is 11.3. The van der Waals surface area contributed by atoms with E-state index in [0.29, 0.717) is 18.1 Å². The molecule has 1 amide bonds. The van der Waals surface area contributed by atoms with Gasteiger partial charge < -0.3 is 10.4 Å². The third-order valence-electron chi connectivity index (χ3n) is 3.44. The molecule has 0 bridgehead atoms. The topological polar surface area (TPSA) is 52.6 Å². The molecule has 4 nitrogen and oxygen atoms in total. The number of carbonyl (C=O) groups excluding carboxylic acids is 1. The predicted molar refractivity (Wildman–Crippen MR) is 70.2 cm³/mol. The van der Waals surface area contributed by atoms with Crippen LogP contribution in [0.1, 0.15) is 18.4 Å². The Morgan fingerprint density at radius 1 is 1.56 bits per heavy atom. The van der Waals surface area contributed by atoms with Crippen molar-refractivity contribution < 1.29 is 9.90 Å². The van der Waals surface area contributed by atoms with Crippen molar-refractivity contribution in [2.45, 2.75) is 19.4 Å². The molecule has 4 heteroatoms. The van der Waals surface area contributed by atoms with Crippen molar-refractivity contribution >= 4 is 5.91 Å². The Balaban J connectivity index is 1.84. The van der Waals surface area contributed by atoms with Gasteiger partial charge in [-0.3, -0.25) is 9.69 Å². The van der Waals surface area contributed by atoms with E-state index in [9.17, 15) is 9.90 Å². The van der Waals surface area contributed by atoms with Gasteiger partial charge in [0.25, 0.3) is 0 Å². The smallest absolute Gasteiger partial charge is 0.220 e. The standard InChI is InChI=1S/C14H20N2O2/c1-15-14(18)8-12-5-6-16(10-12)9-11-3-2-4-13(17)7-11/h2-4,7,12,17H,5-6,8-10H2,1H3,(H,15,18). The number of hydrogen-bond acceptors (Lipinski definition) is 3. The van der Waals surface area contributed by atoms with Crippen molar-refractivity contribution in [3.8, 4) is 5.75 Å². The molecule has 1 aliphatic heterocycles. The predicted octanol–water partition coefficient (Wildman–Crippen LogP) is 1.35. The fourth-order valence-corrected chi connectivity index (χ4v) is 2.50. The number of likely N-dealkylation sites (tertiary alicyclic amines) is 1. The van der Waals surface area contributed by atoms with E-state index >= 15 is 0 Å². The van der Waals surface area contributed by atoms with Crippen molar-refractivity contribution in [1.29, 1.82) is 0 Å². The highest BCUT2D eigenvalue weighted by molar-refractivity contribution is 5.75. The third-order valence-corrected chi connectivity index (χ3v) is 3.44. The van der Waals surface area contributed by atoms with Gasteiger partial charge in [0.1, 0.15) is 5.75 Å². The second kappa shape index (κ2) is 5.87. The van der Waals surface area contributed by atoms with Gasteiger partial charge in [0.2, 0.25) is 5.91 Å². The first-order valence-electron chi connectivity index (χ1n) is 6.38. The van der Waals surface area contributed by atoms with Crippen LogP contribution in [0.4, 0.5) is 0 Å². The van der Waals surface area contributed by atoms with Gasteiger partial charge in [-0.05, 0) is 36.6 Å². The Kier molecular flexibility index (Phi) is 4.20. The molecular weight excluding hydrogens is 228 g/mol. The van der Waals surface area contributed by atoms with Gasteiger partial charge in [0, 0.05) is 26.6 Å². The number of amides is 1. The summed E-state index contributed by atoms with van der Waals surface area (Å²) < 4.78 is 0. The van der Waals surface area contributed by atoms with Gasteiger partial charge in [0.05, 0.1) is 0 Å². The van der Waals surface area contributed by atoms with Crippen molar-refractivity contribution in [2.24, 2.45) is 5.92 Å². The van der Waals surface area contributed by atoms with E-state index < -0.39 is 0 Å². The van der Waals surface area contributed by atoms with E-state index in [4.69, 9.17) is 0 Å². The number of benzene rings is 1. The Bertz CT molecular complexity index is 420. The van der Waals surface area contributed by atoms with E-state index in [-0.39, 0.29) is 5.91 Å². The first-order chi connectivity index (χ1) is 8.67. The Labute approximate surface area is 108 Å². The number of rotatable bonds is 4. The number of phenolic OH excluding ortho intramolecular Hbond substituents is 1. The fourth-order valence-electron chi connectivity index (χ4n) is 2.50. The maximum atomic E-state index is 11.3. The molecule has 0 radical (unpaired) electrons. The van der Waals surface area contributed by atoms with Gasteiger partial charge in [-0.1, -0.05) is 12.1 Å². The van der Waals surface area contributed by atoms with Crippen LogP contribution in [0.15, 0.2) is 24.3 Å². The summed E-state index contributed by atoms with van der Waals surface area (Å²) >= 11 is 0. The van der Waals surface area contributed by atoms with Crippen LogP contribution in [-0.4, -0.2) is 36.1 Å². The molecule has 1 heterocycles. The first kappa shape index (κ1) is 12.9. The quantitative estimate of drug-likeness (QED) is 0.845. The first-order valence-corrected chi connectivity index (χ1v) is 6.38. The summed E-state index contributed by atoms with van der Waals surface area (Å²) in [6.07, 6.45) is 1.69. The summed E-state index contributed by atoms with van der Waals surface area (Å²) in [6.45, 7) is 2.83. The minimum Gasteiger partial charge on any atom is -0.508 e. The lowest BCUT2D eigenvalue weighted by Gasteiger charge is -2.16. The van der Waals surface area contributed by atoms with Crippen LogP contribution >= 0.6 is 0 Å². The molecule has 1 unspecified atom stereocenters. The molecule has 1 fully saturated rings. The molecule has 2 N–H and O–H groups in total. The molecule has 0 aliphatic carbocycles. The van der Waals surface area contributed by atoms with Crippen LogP contribution in [0.5, 0.6) is 5.75 Å². The van der Waals surface area contributed by atoms with Crippen LogP contribution in [0.3, 0.4) is 0 Å². The molecule has 18 heavy (non-hydrogen) atoms. The van der Waals surface area contributed by atoms with Gasteiger partial charge in [0.15, 0.2) is 0 Å². The van der Waals surface area contributed by atoms with Gasteiger partial charge in [-0.25, -0.2) is 0 Å². The normalized spacial score (nSPS) is 19.9. The number of hydrogen-bond donors (Lipinski definition) is 2. The number of phenols is 1. The lowest BCUT2D eigenvalue weighted by Crippen LogP contribution is -2.24. The highest BCUT2D eigenvalue weighted by Gasteiger charge is 2.24. The largest absolute Gasteiger partial charge is 0.508 e. The highest BCUT2D eigenvalue weighted by atomic mass is 16.3. The van der Waals surface area contributed by atoms with E-state index in [1.165, 1.54) is 0 Å². The molecular formula is C14H20N2O2. The lowest BCUT2D eigenvalue weighted by atomic mass is 10.0. The van der Waals surface area contributed by atoms with Crippen molar-refractivity contribution in [3.05, 3.63) is 29.8 Å². The second-order valence-corrected chi connectivity index (χ2v) is 4.94. The minimum absolute atomic E-state index is 0.124. The SMILES string of the molecule is CNC(=O)CC1CCN(Cc2cccc(O)c2)C1. The molecule has 1 aromatic rings. The summed E-state index contributed by atoms with van der Waals surface area (Å²) in [5.74, 6) is 0.898. The number of aromatic hydroxyl groups is 1. The maximum Gasteiger partial charge on any atom is 0.220 e. The monoisotopic (exact) mass is 248 g/mol. The minimum atomic E-state index is 0.124. The summed E-state index contributed by atoms with van der Waals surface area (Å²) in [5, 5.41) is 12.1. The molecule has 0 aromatic heterocycles. The zero-order valence-corrected chi connectivity index (χ0v) is 10.7. The van der Waals surface area contributed by atoms with Gasteiger partial charge in [-0.15, -0.1) is 0 Å². The van der Waals surface area contributed by atoms with E-state index in [0.717, 1.165) is 31.6 Å². The lowest BCUT2D eigenvalue weighted by molar-refractivity contribution is -0.121. The Morgan fingerprint density at radius 3 is 3.11 bits per heavy atom. The molecule has 0 spiro atoms. The second-order valence-electron chi connectivity index (χ2n) is 4.94.